The van der Waals surface area contributed by atoms with Gasteiger partial charge in [0.05, 0.1) is 11.3 Å². The first-order valence-electron chi connectivity index (χ1n) is 5.98. The van der Waals surface area contributed by atoms with Crippen LogP contribution in [0.3, 0.4) is 0 Å². The van der Waals surface area contributed by atoms with E-state index in [1.54, 1.807) is 0 Å². The Hall–Kier alpha value is -1.36. The fourth-order valence-corrected chi connectivity index (χ4v) is 2.59. The Morgan fingerprint density at radius 2 is 1.79 bits per heavy atom. The van der Waals surface area contributed by atoms with E-state index in [4.69, 9.17) is 0 Å². The van der Waals surface area contributed by atoms with Crippen molar-refractivity contribution in [1.29, 1.82) is 0 Å². The molecule has 2 aromatic rings. The highest BCUT2D eigenvalue weighted by atomic mass is 32.1. The van der Waals surface area contributed by atoms with Crippen LogP contribution in [0.25, 0.3) is 10.6 Å². The summed E-state index contributed by atoms with van der Waals surface area (Å²) in [5.74, 6) is 0.516. The van der Waals surface area contributed by atoms with Crippen LogP contribution >= 0.6 is 11.3 Å². The SMILES string of the molecule is CC(C)Cc1csc(-c2ccc(C(F)(F)F)cc2)n1. The Labute approximate surface area is 114 Å². The molecular weight excluding hydrogens is 271 g/mol. The van der Waals surface area contributed by atoms with Gasteiger partial charge < -0.3 is 0 Å². The van der Waals surface area contributed by atoms with Crippen molar-refractivity contribution in [2.75, 3.05) is 0 Å². The molecule has 1 heterocycles. The average Bonchev–Trinajstić information content (AvgIpc) is 2.75. The number of thiazole rings is 1. The highest BCUT2D eigenvalue weighted by Crippen LogP contribution is 2.31. The highest BCUT2D eigenvalue weighted by Gasteiger charge is 2.30. The molecule has 0 aliphatic heterocycles. The van der Waals surface area contributed by atoms with Gasteiger partial charge in [0.15, 0.2) is 0 Å². The van der Waals surface area contributed by atoms with Crippen LogP contribution in [0.4, 0.5) is 13.2 Å². The Kier molecular flexibility index (Phi) is 3.94. The van der Waals surface area contributed by atoms with Crippen molar-refractivity contribution in [3.05, 3.63) is 40.9 Å². The summed E-state index contributed by atoms with van der Waals surface area (Å²) in [5, 5.41) is 2.73. The minimum Gasteiger partial charge on any atom is -0.241 e. The summed E-state index contributed by atoms with van der Waals surface area (Å²) in [5.41, 5.74) is 1.10. The Morgan fingerprint density at radius 3 is 2.32 bits per heavy atom. The van der Waals surface area contributed by atoms with Gasteiger partial charge in [0.2, 0.25) is 0 Å². The van der Waals surface area contributed by atoms with Crippen molar-refractivity contribution in [2.24, 2.45) is 5.92 Å². The van der Waals surface area contributed by atoms with E-state index in [0.29, 0.717) is 5.92 Å². The lowest BCUT2D eigenvalue weighted by atomic mass is 10.1. The average molecular weight is 285 g/mol. The number of hydrogen-bond donors (Lipinski definition) is 0. The van der Waals surface area contributed by atoms with Gasteiger partial charge in [-0.05, 0) is 24.5 Å². The number of nitrogens with zero attached hydrogens (tertiary/aromatic N) is 1. The van der Waals surface area contributed by atoms with E-state index in [-0.39, 0.29) is 0 Å². The van der Waals surface area contributed by atoms with E-state index in [1.165, 1.54) is 23.5 Å². The van der Waals surface area contributed by atoms with E-state index in [1.807, 2.05) is 5.38 Å². The maximum Gasteiger partial charge on any atom is 0.416 e. The lowest BCUT2D eigenvalue weighted by molar-refractivity contribution is -0.137. The van der Waals surface area contributed by atoms with Crippen molar-refractivity contribution in [1.82, 2.24) is 4.98 Å². The summed E-state index contributed by atoms with van der Waals surface area (Å²) < 4.78 is 37.4. The van der Waals surface area contributed by atoms with Crippen molar-refractivity contribution in [2.45, 2.75) is 26.4 Å². The fourth-order valence-electron chi connectivity index (χ4n) is 1.75. The van der Waals surface area contributed by atoms with E-state index >= 15 is 0 Å². The molecule has 0 N–H and O–H groups in total. The standard InChI is InChI=1S/C14H14F3NS/c1-9(2)7-12-8-19-13(18-12)10-3-5-11(6-4-10)14(15,16)17/h3-6,8-9H,7H2,1-2H3. The monoisotopic (exact) mass is 285 g/mol. The molecule has 0 saturated heterocycles. The van der Waals surface area contributed by atoms with Crippen LogP contribution in [0.1, 0.15) is 25.1 Å². The van der Waals surface area contributed by atoms with Gasteiger partial charge >= 0.3 is 6.18 Å². The van der Waals surface area contributed by atoms with Crippen molar-refractivity contribution < 1.29 is 13.2 Å². The third kappa shape index (κ3) is 3.56. The molecule has 0 aliphatic rings. The van der Waals surface area contributed by atoms with Gasteiger partial charge in [-0.25, -0.2) is 4.98 Å². The molecule has 0 aliphatic carbocycles. The van der Waals surface area contributed by atoms with Crippen molar-refractivity contribution in [3.8, 4) is 10.6 Å². The lowest BCUT2D eigenvalue weighted by Crippen LogP contribution is -2.03. The van der Waals surface area contributed by atoms with Crippen LogP contribution < -0.4 is 0 Å². The second-order valence-electron chi connectivity index (χ2n) is 4.82. The molecule has 0 amide bonds. The summed E-state index contributed by atoms with van der Waals surface area (Å²) in [6, 6.07) is 5.14. The van der Waals surface area contributed by atoms with Crippen molar-refractivity contribution in [3.63, 3.8) is 0 Å². The third-order valence-corrected chi connectivity index (χ3v) is 3.57. The van der Waals surface area contributed by atoms with Crippen LogP contribution in [0, 0.1) is 5.92 Å². The van der Waals surface area contributed by atoms with Gasteiger partial charge in [-0.2, -0.15) is 13.2 Å². The number of halogens is 3. The van der Waals surface area contributed by atoms with Crippen molar-refractivity contribution >= 4 is 11.3 Å². The zero-order valence-corrected chi connectivity index (χ0v) is 11.5. The molecule has 102 valence electrons. The minimum atomic E-state index is -4.29. The summed E-state index contributed by atoms with van der Waals surface area (Å²) in [6.45, 7) is 4.22. The van der Waals surface area contributed by atoms with Crippen LogP contribution in [-0.4, -0.2) is 4.98 Å². The molecule has 0 spiro atoms. The number of benzene rings is 1. The predicted molar refractivity (Wildman–Crippen MR) is 71.1 cm³/mol. The zero-order valence-electron chi connectivity index (χ0n) is 10.7. The van der Waals surface area contributed by atoms with Gasteiger partial charge in [-0.3, -0.25) is 0 Å². The highest BCUT2D eigenvalue weighted by molar-refractivity contribution is 7.13. The second-order valence-corrected chi connectivity index (χ2v) is 5.68. The van der Waals surface area contributed by atoms with E-state index in [2.05, 4.69) is 18.8 Å². The van der Waals surface area contributed by atoms with Crippen LogP contribution in [-0.2, 0) is 12.6 Å². The molecule has 5 heteroatoms. The van der Waals surface area contributed by atoms with Gasteiger partial charge in [0.1, 0.15) is 5.01 Å². The van der Waals surface area contributed by atoms with Crippen LogP contribution in [0.5, 0.6) is 0 Å². The number of aromatic nitrogens is 1. The first-order valence-corrected chi connectivity index (χ1v) is 6.86. The third-order valence-electron chi connectivity index (χ3n) is 2.63. The molecule has 0 saturated carbocycles. The molecule has 0 radical (unpaired) electrons. The molecule has 1 nitrogen and oxygen atoms in total. The summed E-state index contributed by atoms with van der Waals surface area (Å²) in [7, 11) is 0. The van der Waals surface area contributed by atoms with Gasteiger partial charge in [0.25, 0.3) is 0 Å². The van der Waals surface area contributed by atoms with E-state index < -0.39 is 11.7 Å². The number of alkyl halides is 3. The minimum absolute atomic E-state index is 0.516. The smallest absolute Gasteiger partial charge is 0.241 e. The first kappa shape index (κ1) is 14.1. The molecule has 0 fully saturated rings. The quantitative estimate of drug-likeness (QED) is 0.771. The van der Waals surface area contributed by atoms with Gasteiger partial charge in [-0.15, -0.1) is 11.3 Å². The number of hydrogen-bond acceptors (Lipinski definition) is 2. The first-order chi connectivity index (χ1) is 8.86. The van der Waals surface area contributed by atoms with Gasteiger partial charge in [-0.1, -0.05) is 26.0 Å². The van der Waals surface area contributed by atoms with E-state index in [0.717, 1.165) is 34.8 Å². The zero-order chi connectivity index (χ0) is 14.0. The second kappa shape index (κ2) is 5.33. The molecule has 19 heavy (non-hydrogen) atoms. The van der Waals surface area contributed by atoms with E-state index in [9.17, 15) is 13.2 Å². The summed E-state index contributed by atoms with van der Waals surface area (Å²) in [6.07, 6.45) is -3.40. The Balaban J connectivity index is 2.20. The molecule has 0 bridgehead atoms. The molecule has 2 rings (SSSR count). The molecule has 0 unspecified atom stereocenters. The topological polar surface area (TPSA) is 12.9 Å². The number of rotatable bonds is 3. The van der Waals surface area contributed by atoms with Crippen LogP contribution in [0.15, 0.2) is 29.6 Å². The van der Waals surface area contributed by atoms with Crippen LogP contribution in [0.2, 0.25) is 0 Å². The Morgan fingerprint density at radius 1 is 1.16 bits per heavy atom. The maximum absolute atomic E-state index is 12.5. The fraction of sp³-hybridized carbons (Fsp3) is 0.357. The summed E-state index contributed by atoms with van der Waals surface area (Å²) in [4.78, 5) is 4.45. The Bertz CT molecular complexity index is 541. The molecule has 0 atom stereocenters. The van der Waals surface area contributed by atoms with Gasteiger partial charge in [0, 0.05) is 10.9 Å². The molecule has 1 aromatic heterocycles. The molecule has 1 aromatic carbocycles. The predicted octanol–water partition coefficient (Wildman–Crippen LogP) is 5.03. The largest absolute Gasteiger partial charge is 0.416 e. The normalized spacial score (nSPS) is 12.1. The summed E-state index contributed by atoms with van der Waals surface area (Å²) >= 11 is 1.47. The lowest BCUT2D eigenvalue weighted by Gasteiger charge is -2.06. The molecular formula is C14H14F3NS. The maximum atomic E-state index is 12.5.